The number of aromatic nitrogens is 1. The molecule has 4 rings (SSSR count). The zero-order chi connectivity index (χ0) is 17.9. The molecule has 2 N–H and O–H groups in total. The van der Waals surface area contributed by atoms with E-state index in [1.807, 2.05) is 12.3 Å². The summed E-state index contributed by atoms with van der Waals surface area (Å²) in [6.45, 7) is 3.22. The van der Waals surface area contributed by atoms with Gasteiger partial charge in [-0.25, -0.2) is 4.79 Å². The van der Waals surface area contributed by atoms with Crippen LogP contribution in [0.25, 0.3) is 0 Å². The quantitative estimate of drug-likeness (QED) is 0.837. The van der Waals surface area contributed by atoms with Crippen molar-refractivity contribution in [1.82, 2.24) is 9.88 Å². The second-order valence-corrected chi connectivity index (χ2v) is 7.94. The molecule has 2 aromatic rings. The summed E-state index contributed by atoms with van der Waals surface area (Å²) in [4.78, 5) is 19.5. The fraction of sp³-hybridized carbons (Fsp3) is 0.474. The Bertz CT molecular complexity index is 772. The number of rotatable bonds is 5. The summed E-state index contributed by atoms with van der Waals surface area (Å²) in [7, 11) is 0. The number of hydrogen-bond donors (Lipinski definition) is 2. The Kier molecular flexibility index (Phi) is 5.19. The van der Waals surface area contributed by atoms with Gasteiger partial charge in [-0.1, -0.05) is 6.07 Å². The van der Waals surface area contributed by atoms with Crippen molar-refractivity contribution in [1.29, 1.82) is 0 Å². The van der Waals surface area contributed by atoms with Gasteiger partial charge >= 0.3 is 5.97 Å². The molecule has 4 heterocycles. The summed E-state index contributed by atoms with van der Waals surface area (Å²) in [6, 6.07) is 4.03. The maximum absolute atomic E-state index is 11.9. The molecule has 138 valence electrons. The smallest absolute Gasteiger partial charge is 0.338 e. The Labute approximate surface area is 156 Å². The number of nitrogens with one attached hydrogen (secondary N) is 1. The van der Waals surface area contributed by atoms with E-state index in [1.54, 1.807) is 17.5 Å². The predicted octanol–water partition coefficient (Wildman–Crippen LogP) is 3.34. The highest BCUT2D eigenvalue weighted by Gasteiger charge is 2.29. The molecule has 2 aliphatic heterocycles. The summed E-state index contributed by atoms with van der Waals surface area (Å²) < 4.78 is 5.73. The lowest BCUT2D eigenvalue weighted by atomic mass is 10.0. The fourth-order valence-corrected chi connectivity index (χ4v) is 4.99. The average molecular weight is 373 g/mol. The van der Waals surface area contributed by atoms with Crippen LogP contribution < -0.4 is 5.32 Å². The Hall–Kier alpha value is -1.96. The van der Waals surface area contributed by atoms with E-state index in [0.29, 0.717) is 5.56 Å². The van der Waals surface area contributed by atoms with Crippen LogP contribution >= 0.6 is 11.3 Å². The number of fused-ring (bicyclic) bond motifs is 1. The molecule has 0 bridgehead atoms. The van der Waals surface area contributed by atoms with Gasteiger partial charge in [0.2, 0.25) is 0 Å². The van der Waals surface area contributed by atoms with Crippen LogP contribution in [0.3, 0.4) is 0 Å². The van der Waals surface area contributed by atoms with Gasteiger partial charge in [0.1, 0.15) is 11.2 Å². The van der Waals surface area contributed by atoms with Crippen LogP contribution in [-0.2, 0) is 24.2 Å². The van der Waals surface area contributed by atoms with Gasteiger partial charge in [-0.3, -0.25) is 9.88 Å². The van der Waals surface area contributed by atoms with Crippen LogP contribution in [0, 0.1) is 0 Å². The summed E-state index contributed by atoms with van der Waals surface area (Å²) in [5.41, 5.74) is 2.61. The minimum Gasteiger partial charge on any atom is -0.478 e. The number of pyridine rings is 1. The summed E-state index contributed by atoms with van der Waals surface area (Å²) in [5, 5.41) is 13.8. The first-order valence-electron chi connectivity index (χ1n) is 9.08. The molecule has 7 heteroatoms. The number of carboxylic acid groups (broad SMARTS) is 1. The molecule has 26 heavy (non-hydrogen) atoms. The molecule has 0 saturated carbocycles. The first-order valence-corrected chi connectivity index (χ1v) is 9.89. The minimum absolute atomic E-state index is 0.0755. The van der Waals surface area contributed by atoms with Gasteiger partial charge in [-0.15, -0.1) is 11.3 Å². The third kappa shape index (κ3) is 3.75. The van der Waals surface area contributed by atoms with Crippen molar-refractivity contribution < 1.29 is 14.6 Å². The number of aromatic carboxylic acids is 1. The third-order valence-corrected chi connectivity index (χ3v) is 6.10. The predicted molar refractivity (Wildman–Crippen MR) is 101 cm³/mol. The lowest BCUT2D eigenvalue weighted by Gasteiger charge is -2.26. The highest BCUT2D eigenvalue weighted by Crippen LogP contribution is 2.38. The normalized spacial score (nSPS) is 20.5. The molecule has 0 radical (unpaired) electrons. The molecule has 2 aliphatic rings. The second-order valence-electron chi connectivity index (χ2n) is 6.83. The van der Waals surface area contributed by atoms with Crippen molar-refractivity contribution in [2.75, 3.05) is 18.5 Å². The fourth-order valence-electron chi connectivity index (χ4n) is 3.67. The first kappa shape index (κ1) is 17.5. The second kappa shape index (κ2) is 7.73. The number of hydrogen-bond acceptors (Lipinski definition) is 6. The van der Waals surface area contributed by atoms with Crippen LogP contribution in [0.5, 0.6) is 0 Å². The first-order chi connectivity index (χ1) is 12.7. The largest absolute Gasteiger partial charge is 0.478 e. The van der Waals surface area contributed by atoms with Gasteiger partial charge in [0.15, 0.2) is 0 Å². The molecule has 0 spiro atoms. The van der Waals surface area contributed by atoms with E-state index in [1.165, 1.54) is 5.56 Å². The van der Waals surface area contributed by atoms with Crippen molar-refractivity contribution in [3.63, 3.8) is 0 Å². The van der Waals surface area contributed by atoms with Crippen molar-refractivity contribution in [2.24, 2.45) is 0 Å². The molecular formula is C19H23N3O3S. The molecule has 6 nitrogen and oxygen atoms in total. The summed E-state index contributed by atoms with van der Waals surface area (Å²) >= 11 is 1.57. The van der Waals surface area contributed by atoms with E-state index in [0.717, 1.165) is 67.4 Å². The van der Waals surface area contributed by atoms with Crippen LogP contribution in [0.1, 0.15) is 45.6 Å². The van der Waals surface area contributed by atoms with Gasteiger partial charge in [0, 0.05) is 43.5 Å². The van der Waals surface area contributed by atoms with E-state index in [-0.39, 0.29) is 6.23 Å². The highest BCUT2D eigenvalue weighted by atomic mass is 32.1. The SMILES string of the molecule is O=C(O)c1c(NC2CCCCO2)sc2c1CCN(Cc1cccnc1)C2. The number of anilines is 1. The Morgan fingerprint density at radius 2 is 2.38 bits per heavy atom. The molecule has 0 aromatic carbocycles. The van der Waals surface area contributed by atoms with Crippen molar-refractivity contribution in [3.05, 3.63) is 46.1 Å². The Morgan fingerprint density at radius 1 is 1.46 bits per heavy atom. The zero-order valence-corrected chi connectivity index (χ0v) is 15.4. The van der Waals surface area contributed by atoms with Gasteiger partial charge < -0.3 is 15.2 Å². The Balaban J connectivity index is 1.52. The molecular weight excluding hydrogens is 350 g/mol. The molecule has 1 atom stereocenters. The maximum atomic E-state index is 11.9. The van der Waals surface area contributed by atoms with E-state index in [9.17, 15) is 9.90 Å². The average Bonchev–Trinajstić information content (AvgIpc) is 3.00. The van der Waals surface area contributed by atoms with Crippen LogP contribution in [-0.4, -0.2) is 40.3 Å². The molecule has 2 aromatic heterocycles. The van der Waals surface area contributed by atoms with E-state index >= 15 is 0 Å². The molecule has 0 amide bonds. The van der Waals surface area contributed by atoms with E-state index in [4.69, 9.17) is 4.74 Å². The van der Waals surface area contributed by atoms with E-state index < -0.39 is 5.97 Å². The van der Waals surface area contributed by atoms with Crippen molar-refractivity contribution in [2.45, 2.75) is 45.0 Å². The molecule has 1 unspecified atom stereocenters. The van der Waals surface area contributed by atoms with Gasteiger partial charge in [0.05, 0.1) is 5.56 Å². The van der Waals surface area contributed by atoms with Crippen molar-refractivity contribution in [3.8, 4) is 0 Å². The van der Waals surface area contributed by atoms with E-state index in [2.05, 4.69) is 21.3 Å². The molecule has 1 saturated heterocycles. The lowest BCUT2D eigenvalue weighted by Crippen LogP contribution is -2.30. The van der Waals surface area contributed by atoms with Crippen LogP contribution in [0.4, 0.5) is 5.00 Å². The molecule has 0 aliphatic carbocycles. The number of ether oxygens (including phenoxy) is 1. The van der Waals surface area contributed by atoms with Crippen LogP contribution in [0.15, 0.2) is 24.5 Å². The lowest BCUT2D eigenvalue weighted by molar-refractivity contribution is 0.0344. The minimum atomic E-state index is -0.846. The third-order valence-electron chi connectivity index (χ3n) is 4.95. The number of thiophene rings is 1. The zero-order valence-electron chi connectivity index (χ0n) is 14.6. The Morgan fingerprint density at radius 3 is 3.12 bits per heavy atom. The van der Waals surface area contributed by atoms with Crippen LogP contribution in [0.2, 0.25) is 0 Å². The monoisotopic (exact) mass is 373 g/mol. The van der Waals surface area contributed by atoms with Gasteiger partial charge in [-0.2, -0.15) is 0 Å². The van der Waals surface area contributed by atoms with Gasteiger partial charge in [0.25, 0.3) is 0 Å². The number of carboxylic acids is 1. The standard InChI is InChI=1S/C19H23N3O3S/c23-19(24)17-14-6-8-22(11-13-4-3-7-20-10-13)12-15(14)26-18(17)21-16-5-1-2-9-25-16/h3-4,7,10,16,21H,1-2,5-6,8-9,11-12H2,(H,23,24). The topological polar surface area (TPSA) is 74.7 Å². The summed E-state index contributed by atoms with van der Waals surface area (Å²) in [6.07, 6.45) is 7.48. The van der Waals surface area contributed by atoms with Gasteiger partial charge in [-0.05, 0) is 42.9 Å². The highest BCUT2D eigenvalue weighted by molar-refractivity contribution is 7.16. The summed E-state index contributed by atoms with van der Waals surface area (Å²) in [5.74, 6) is -0.846. The molecule has 1 fully saturated rings. The maximum Gasteiger partial charge on any atom is 0.338 e. The number of nitrogens with zero attached hydrogens (tertiary/aromatic N) is 2. The van der Waals surface area contributed by atoms with Crippen molar-refractivity contribution >= 4 is 22.3 Å². The number of carbonyl (C=O) groups is 1.